The van der Waals surface area contributed by atoms with Gasteiger partial charge in [0, 0.05) is 6.20 Å². The van der Waals surface area contributed by atoms with Crippen LogP contribution in [0.15, 0.2) is 12.3 Å². The highest BCUT2D eigenvalue weighted by Crippen LogP contribution is 2.36. The van der Waals surface area contributed by atoms with Crippen LogP contribution in [0.5, 0.6) is 0 Å². The second kappa shape index (κ2) is 5.16. The van der Waals surface area contributed by atoms with Gasteiger partial charge in [-0.1, -0.05) is 0 Å². The molecule has 2 aliphatic rings. The van der Waals surface area contributed by atoms with Crippen molar-refractivity contribution in [3.8, 4) is 0 Å². The number of aliphatic hydroxyl groups excluding tert-OH is 2. The zero-order chi connectivity index (χ0) is 14.2. The van der Waals surface area contributed by atoms with E-state index in [0.717, 1.165) is 17.2 Å². The van der Waals surface area contributed by atoms with Crippen molar-refractivity contribution in [1.82, 2.24) is 4.90 Å². The monoisotopic (exact) mass is 293 g/mol. The molecule has 1 fully saturated rings. The maximum atomic E-state index is 14.0. The highest BCUT2D eigenvalue weighted by Gasteiger charge is 2.57. The van der Waals surface area contributed by atoms with Crippen molar-refractivity contribution < 1.29 is 28.9 Å². The van der Waals surface area contributed by atoms with Gasteiger partial charge in [0.1, 0.15) is 11.7 Å². The van der Waals surface area contributed by atoms with Crippen LogP contribution in [0.25, 0.3) is 0 Å². The van der Waals surface area contributed by atoms with Gasteiger partial charge in [-0.05, 0) is 6.08 Å². The van der Waals surface area contributed by atoms with Crippen LogP contribution >= 0.6 is 11.6 Å². The van der Waals surface area contributed by atoms with Gasteiger partial charge >= 0.3 is 0 Å². The van der Waals surface area contributed by atoms with E-state index in [1.807, 2.05) is 0 Å². The molecular weight excluding hydrogens is 281 g/mol. The SMILES string of the molecule is O=C1C=CN([C@@H]2O[C@@](CO)(CCl)[C@@H](O)[C@H]2F)C(=O)C1. The number of amides is 1. The largest absolute Gasteiger partial charge is 0.393 e. The summed E-state index contributed by atoms with van der Waals surface area (Å²) >= 11 is 5.60. The van der Waals surface area contributed by atoms with Gasteiger partial charge in [0.15, 0.2) is 18.2 Å². The number of allylic oxidation sites excluding steroid dienone is 1. The van der Waals surface area contributed by atoms with Crippen LogP contribution < -0.4 is 0 Å². The molecule has 0 saturated carbocycles. The molecule has 1 amide bonds. The number of ether oxygens (including phenoxy) is 1. The molecule has 2 rings (SSSR count). The Kier molecular flexibility index (Phi) is 3.91. The fourth-order valence-corrected chi connectivity index (χ4v) is 2.39. The number of hydrogen-bond acceptors (Lipinski definition) is 5. The van der Waals surface area contributed by atoms with Gasteiger partial charge in [-0.15, -0.1) is 11.6 Å². The quantitative estimate of drug-likeness (QED) is 0.532. The van der Waals surface area contributed by atoms with Crippen LogP contribution in [0.1, 0.15) is 6.42 Å². The first-order valence-corrected chi connectivity index (χ1v) is 6.17. The van der Waals surface area contributed by atoms with Crippen LogP contribution in [0, 0.1) is 0 Å². The van der Waals surface area contributed by atoms with Crippen LogP contribution in [-0.2, 0) is 14.3 Å². The summed E-state index contributed by atoms with van der Waals surface area (Å²) in [5.41, 5.74) is -1.65. The summed E-state index contributed by atoms with van der Waals surface area (Å²) in [5, 5.41) is 19.0. The summed E-state index contributed by atoms with van der Waals surface area (Å²) < 4.78 is 19.3. The Hall–Kier alpha value is -1.02. The Bertz CT molecular complexity index is 425. The zero-order valence-electron chi connectivity index (χ0n) is 9.83. The molecule has 0 aromatic heterocycles. The molecule has 2 aliphatic heterocycles. The van der Waals surface area contributed by atoms with E-state index >= 15 is 0 Å². The Morgan fingerprint density at radius 3 is 2.74 bits per heavy atom. The summed E-state index contributed by atoms with van der Waals surface area (Å²) in [5.74, 6) is -1.34. The Morgan fingerprint density at radius 2 is 2.26 bits per heavy atom. The third-order valence-electron chi connectivity index (χ3n) is 3.27. The standard InChI is InChI=1S/C11H13ClFNO5/c12-4-11(5-15)9(18)8(13)10(19-11)14-2-1-6(16)3-7(14)17/h1-2,8-10,15,18H,3-5H2/t8-,9+,10-,11-/m1/s1. The Morgan fingerprint density at radius 1 is 1.58 bits per heavy atom. The second-order valence-corrected chi connectivity index (χ2v) is 4.78. The van der Waals surface area contributed by atoms with E-state index in [1.165, 1.54) is 0 Å². The van der Waals surface area contributed by atoms with Crippen LogP contribution in [0.4, 0.5) is 4.39 Å². The smallest absolute Gasteiger partial charge is 0.236 e. The minimum atomic E-state index is -1.92. The summed E-state index contributed by atoms with van der Waals surface area (Å²) in [6, 6.07) is 0. The predicted molar refractivity (Wildman–Crippen MR) is 61.9 cm³/mol. The molecule has 0 bridgehead atoms. The molecule has 0 aromatic carbocycles. The lowest BCUT2D eigenvalue weighted by atomic mass is 9.99. The lowest BCUT2D eigenvalue weighted by Gasteiger charge is -2.30. The van der Waals surface area contributed by atoms with Crippen LogP contribution in [-0.4, -0.2) is 63.4 Å². The number of halogens is 2. The van der Waals surface area contributed by atoms with Gasteiger partial charge in [-0.2, -0.15) is 0 Å². The summed E-state index contributed by atoms with van der Waals surface area (Å²) in [6.45, 7) is -0.681. The van der Waals surface area contributed by atoms with Crippen molar-refractivity contribution >= 4 is 23.3 Å². The summed E-state index contributed by atoms with van der Waals surface area (Å²) in [4.78, 5) is 23.6. The molecule has 1 saturated heterocycles. The number of alkyl halides is 2. The molecule has 106 valence electrons. The molecule has 8 heteroatoms. The molecule has 0 spiro atoms. The van der Waals surface area contributed by atoms with E-state index in [9.17, 15) is 24.2 Å². The molecule has 0 aromatic rings. The van der Waals surface area contributed by atoms with E-state index in [4.69, 9.17) is 16.3 Å². The van der Waals surface area contributed by atoms with Gasteiger partial charge in [0.05, 0.1) is 18.9 Å². The maximum Gasteiger partial charge on any atom is 0.236 e. The number of hydrogen-bond donors (Lipinski definition) is 2. The first-order chi connectivity index (χ1) is 8.95. The summed E-state index contributed by atoms with van der Waals surface area (Å²) in [7, 11) is 0. The number of ketones is 1. The molecule has 19 heavy (non-hydrogen) atoms. The fraction of sp³-hybridized carbons (Fsp3) is 0.636. The zero-order valence-corrected chi connectivity index (χ0v) is 10.6. The van der Waals surface area contributed by atoms with Crippen molar-refractivity contribution in [3.63, 3.8) is 0 Å². The van der Waals surface area contributed by atoms with Crippen molar-refractivity contribution in [1.29, 1.82) is 0 Å². The number of rotatable bonds is 3. The van der Waals surface area contributed by atoms with E-state index < -0.39 is 36.6 Å². The number of carbonyl (C=O) groups excluding carboxylic acids is 2. The van der Waals surface area contributed by atoms with E-state index in [0.29, 0.717) is 0 Å². The van der Waals surface area contributed by atoms with Crippen molar-refractivity contribution in [2.45, 2.75) is 30.5 Å². The number of nitrogens with zero attached hydrogens (tertiary/aromatic N) is 1. The normalized spacial score (nSPS) is 39.2. The first kappa shape index (κ1) is 14.4. The second-order valence-electron chi connectivity index (χ2n) is 4.51. The molecule has 0 unspecified atom stereocenters. The highest BCUT2D eigenvalue weighted by atomic mass is 35.5. The van der Waals surface area contributed by atoms with Gasteiger partial charge in [0.2, 0.25) is 5.91 Å². The van der Waals surface area contributed by atoms with Crippen molar-refractivity contribution in [2.24, 2.45) is 0 Å². The third-order valence-corrected chi connectivity index (χ3v) is 3.72. The average Bonchev–Trinajstić information content (AvgIpc) is 2.64. The molecule has 4 atom stereocenters. The van der Waals surface area contributed by atoms with Crippen molar-refractivity contribution in [2.75, 3.05) is 12.5 Å². The maximum absolute atomic E-state index is 14.0. The van der Waals surface area contributed by atoms with Crippen LogP contribution in [0.3, 0.4) is 0 Å². The van der Waals surface area contributed by atoms with E-state index in [2.05, 4.69) is 0 Å². The van der Waals surface area contributed by atoms with Gasteiger partial charge in [-0.3, -0.25) is 14.5 Å². The van der Waals surface area contributed by atoms with Crippen LogP contribution in [0.2, 0.25) is 0 Å². The minimum absolute atomic E-state index is 0.327. The lowest BCUT2D eigenvalue weighted by molar-refractivity contribution is -0.155. The molecule has 0 radical (unpaired) electrons. The predicted octanol–water partition coefficient (Wildman–Crippen LogP) is -0.673. The van der Waals surface area contributed by atoms with E-state index in [1.54, 1.807) is 0 Å². The summed E-state index contributed by atoms with van der Waals surface area (Å²) in [6.07, 6.45) is -3.13. The lowest BCUT2D eigenvalue weighted by Crippen LogP contribution is -2.47. The fourth-order valence-electron chi connectivity index (χ4n) is 2.09. The highest BCUT2D eigenvalue weighted by molar-refractivity contribution is 6.18. The van der Waals surface area contributed by atoms with Crippen molar-refractivity contribution in [3.05, 3.63) is 12.3 Å². The molecular formula is C11H13ClFNO5. The molecule has 2 N–H and O–H groups in total. The third kappa shape index (κ3) is 2.27. The topological polar surface area (TPSA) is 87.1 Å². The average molecular weight is 294 g/mol. The minimum Gasteiger partial charge on any atom is -0.393 e. The Balaban J connectivity index is 2.25. The molecule has 6 nitrogen and oxygen atoms in total. The molecule has 0 aliphatic carbocycles. The first-order valence-electron chi connectivity index (χ1n) is 5.64. The van der Waals surface area contributed by atoms with Gasteiger partial charge in [-0.25, -0.2) is 4.39 Å². The number of carbonyl (C=O) groups is 2. The van der Waals surface area contributed by atoms with E-state index in [-0.39, 0.29) is 18.1 Å². The Labute approximate surface area is 113 Å². The van der Waals surface area contributed by atoms with Gasteiger partial charge in [0.25, 0.3) is 0 Å². The molecule has 2 heterocycles. The number of aliphatic hydroxyl groups is 2. The van der Waals surface area contributed by atoms with Gasteiger partial charge < -0.3 is 14.9 Å².